The van der Waals surface area contributed by atoms with Crippen LogP contribution in [0.2, 0.25) is 0 Å². The second kappa shape index (κ2) is 5.84. The van der Waals surface area contributed by atoms with E-state index in [0.717, 1.165) is 25.7 Å². The predicted molar refractivity (Wildman–Crippen MR) is 79.8 cm³/mol. The van der Waals surface area contributed by atoms with Gasteiger partial charge in [0.15, 0.2) is 0 Å². The average Bonchev–Trinajstić information content (AvgIpc) is 2.93. The summed E-state index contributed by atoms with van der Waals surface area (Å²) in [6, 6.07) is -0.767. The van der Waals surface area contributed by atoms with Crippen LogP contribution in [0.25, 0.3) is 0 Å². The Labute approximate surface area is 124 Å². The molecule has 3 atom stereocenters. The van der Waals surface area contributed by atoms with E-state index in [2.05, 4.69) is 19.2 Å². The number of thioether (sulfide) groups is 1. The molecule has 6 heteroatoms. The highest BCUT2D eigenvalue weighted by Gasteiger charge is 2.43. The van der Waals surface area contributed by atoms with Crippen molar-refractivity contribution in [3.63, 3.8) is 0 Å². The van der Waals surface area contributed by atoms with Gasteiger partial charge < -0.3 is 10.4 Å². The predicted octanol–water partition coefficient (Wildman–Crippen LogP) is 2.51. The van der Waals surface area contributed by atoms with Gasteiger partial charge in [-0.25, -0.2) is 9.59 Å². The summed E-state index contributed by atoms with van der Waals surface area (Å²) in [6.45, 7) is 6.31. The standard InChI is InChI=1S/C14H24N2O3S/c1-4-11-16(9(8-20-11)12(17)18)13(19)15-10-6-5-7-14(10,2)3/h9-11H,4-8H2,1-3H3,(H,15,19)(H,17,18). The van der Waals surface area contributed by atoms with E-state index < -0.39 is 12.0 Å². The molecule has 2 N–H and O–H groups in total. The highest BCUT2D eigenvalue weighted by atomic mass is 32.2. The first-order chi connectivity index (χ1) is 9.36. The summed E-state index contributed by atoms with van der Waals surface area (Å²) in [5.41, 5.74) is 0.100. The summed E-state index contributed by atoms with van der Waals surface area (Å²) in [5.74, 6) is -0.427. The largest absolute Gasteiger partial charge is 0.480 e. The number of aliphatic carboxylic acids is 1. The molecule has 1 aliphatic heterocycles. The number of carbonyl (C=O) groups excluding carboxylic acids is 1. The molecule has 0 spiro atoms. The van der Waals surface area contributed by atoms with Gasteiger partial charge in [-0.05, 0) is 24.7 Å². The minimum absolute atomic E-state index is 0.0272. The fourth-order valence-corrected chi connectivity index (χ4v) is 4.51. The Hall–Kier alpha value is -0.910. The maximum absolute atomic E-state index is 12.5. The Morgan fingerprint density at radius 3 is 2.65 bits per heavy atom. The molecule has 2 amide bonds. The van der Waals surface area contributed by atoms with E-state index in [1.165, 1.54) is 4.90 Å². The zero-order valence-corrected chi connectivity index (χ0v) is 13.2. The van der Waals surface area contributed by atoms with E-state index >= 15 is 0 Å². The second-order valence-electron chi connectivity index (χ2n) is 6.34. The zero-order valence-electron chi connectivity index (χ0n) is 12.4. The molecule has 0 aromatic rings. The van der Waals surface area contributed by atoms with Crippen LogP contribution in [0.15, 0.2) is 0 Å². The minimum Gasteiger partial charge on any atom is -0.480 e. The Morgan fingerprint density at radius 2 is 2.15 bits per heavy atom. The number of carbonyl (C=O) groups is 2. The van der Waals surface area contributed by atoms with Crippen LogP contribution in [-0.2, 0) is 4.79 Å². The van der Waals surface area contributed by atoms with Crippen molar-refractivity contribution < 1.29 is 14.7 Å². The minimum atomic E-state index is -0.908. The van der Waals surface area contributed by atoms with Crippen LogP contribution >= 0.6 is 11.8 Å². The van der Waals surface area contributed by atoms with Crippen LogP contribution in [0.3, 0.4) is 0 Å². The lowest BCUT2D eigenvalue weighted by atomic mass is 9.87. The number of nitrogens with zero attached hydrogens (tertiary/aromatic N) is 1. The lowest BCUT2D eigenvalue weighted by Crippen LogP contribution is -2.54. The monoisotopic (exact) mass is 300 g/mol. The van der Waals surface area contributed by atoms with Crippen molar-refractivity contribution in [1.29, 1.82) is 0 Å². The molecule has 0 bridgehead atoms. The van der Waals surface area contributed by atoms with Crippen LogP contribution in [0.4, 0.5) is 4.79 Å². The Bertz CT molecular complexity index is 400. The normalized spacial score (nSPS) is 32.4. The number of carboxylic acids is 1. The quantitative estimate of drug-likeness (QED) is 0.840. The molecule has 1 saturated carbocycles. The molecule has 0 aromatic carbocycles. The van der Waals surface area contributed by atoms with Gasteiger partial charge in [0.25, 0.3) is 0 Å². The van der Waals surface area contributed by atoms with E-state index in [1.54, 1.807) is 11.8 Å². The summed E-state index contributed by atoms with van der Waals surface area (Å²) in [7, 11) is 0. The molecule has 1 heterocycles. The molecular formula is C14H24N2O3S. The smallest absolute Gasteiger partial charge is 0.327 e. The summed E-state index contributed by atoms with van der Waals surface area (Å²) < 4.78 is 0. The summed E-state index contributed by atoms with van der Waals surface area (Å²) in [6.07, 6.45) is 3.97. The van der Waals surface area contributed by atoms with Crippen molar-refractivity contribution in [2.75, 3.05) is 5.75 Å². The molecule has 2 aliphatic rings. The molecule has 1 aliphatic carbocycles. The van der Waals surface area contributed by atoms with Crippen molar-refractivity contribution in [3.05, 3.63) is 0 Å². The number of nitrogens with one attached hydrogen (secondary N) is 1. The van der Waals surface area contributed by atoms with Crippen molar-refractivity contribution in [2.45, 2.75) is 63.9 Å². The SMILES string of the molecule is CCC1SCC(C(=O)O)N1C(=O)NC1CCCC1(C)C. The van der Waals surface area contributed by atoms with Gasteiger partial charge in [0.05, 0.1) is 5.37 Å². The van der Waals surface area contributed by atoms with Gasteiger partial charge >= 0.3 is 12.0 Å². The molecule has 0 radical (unpaired) electrons. The topological polar surface area (TPSA) is 69.6 Å². The number of hydrogen-bond donors (Lipinski definition) is 2. The molecule has 2 fully saturated rings. The second-order valence-corrected chi connectivity index (χ2v) is 7.55. The fraction of sp³-hybridized carbons (Fsp3) is 0.857. The van der Waals surface area contributed by atoms with Gasteiger partial charge in [0.2, 0.25) is 0 Å². The average molecular weight is 300 g/mol. The number of hydrogen-bond acceptors (Lipinski definition) is 3. The van der Waals surface area contributed by atoms with E-state index in [9.17, 15) is 14.7 Å². The van der Waals surface area contributed by atoms with E-state index in [-0.39, 0.29) is 22.9 Å². The van der Waals surface area contributed by atoms with Crippen molar-refractivity contribution in [3.8, 4) is 0 Å². The number of urea groups is 1. The highest BCUT2D eigenvalue weighted by Crippen LogP contribution is 2.38. The first-order valence-corrected chi connectivity index (χ1v) is 8.35. The summed E-state index contributed by atoms with van der Waals surface area (Å²) >= 11 is 1.56. The van der Waals surface area contributed by atoms with Gasteiger partial charge in [-0.15, -0.1) is 11.8 Å². The van der Waals surface area contributed by atoms with Gasteiger partial charge in [-0.3, -0.25) is 4.90 Å². The van der Waals surface area contributed by atoms with Gasteiger partial charge in [0, 0.05) is 11.8 Å². The van der Waals surface area contributed by atoms with Gasteiger partial charge in [-0.2, -0.15) is 0 Å². The molecular weight excluding hydrogens is 276 g/mol. The number of carboxylic acid groups (broad SMARTS) is 1. The van der Waals surface area contributed by atoms with Gasteiger partial charge in [0.1, 0.15) is 6.04 Å². The highest BCUT2D eigenvalue weighted by molar-refractivity contribution is 8.00. The fourth-order valence-electron chi connectivity index (χ4n) is 3.16. The molecule has 114 valence electrons. The zero-order chi connectivity index (χ0) is 14.9. The summed E-state index contributed by atoms with van der Waals surface area (Å²) in [4.78, 5) is 25.3. The lowest BCUT2D eigenvalue weighted by Gasteiger charge is -2.33. The van der Waals surface area contributed by atoms with Crippen LogP contribution in [-0.4, -0.2) is 45.2 Å². The van der Waals surface area contributed by atoms with Gasteiger partial charge in [-0.1, -0.05) is 27.2 Å². The van der Waals surface area contributed by atoms with Crippen LogP contribution in [0, 0.1) is 5.41 Å². The third kappa shape index (κ3) is 2.90. The van der Waals surface area contributed by atoms with Crippen molar-refractivity contribution in [1.82, 2.24) is 10.2 Å². The molecule has 5 nitrogen and oxygen atoms in total. The molecule has 3 unspecified atom stereocenters. The van der Waals surface area contributed by atoms with Crippen LogP contribution in [0.1, 0.15) is 46.5 Å². The van der Waals surface area contributed by atoms with E-state index in [1.807, 2.05) is 6.92 Å². The van der Waals surface area contributed by atoms with E-state index in [4.69, 9.17) is 0 Å². The third-order valence-corrected chi connectivity index (χ3v) is 5.97. The van der Waals surface area contributed by atoms with E-state index in [0.29, 0.717) is 5.75 Å². The maximum atomic E-state index is 12.5. The van der Waals surface area contributed by atoms with Crippen molar-refractivity contribution >= 4 is 23.8 Å². The summed E-state index contributed by atoms with van der Waals surface area (Å²) in [5, 5.41) is 12.3. The van der Waals surface area contributed by atoms with Crippen LogP contribution < -0.4 is 5.32 Å². The molecule has 1 saturated heterocycles. The Kier molecular flexibility index (Phi) is 4.52. The number of amides is 2. The van der Waals surface area contributed by atoms with Crippen LogP contribution in [0.5, 0.6) is 0 Å². The van der Waals surface area contributed by atoms with Crippen molar-refractivity contribution in [2.24, 2.45) is 5.41 Å². The lowest BCUT2D eigenvalue weighted by molar-refractivity contribution is -0.141. The molecule has 20 heavy (non-hydrogen) atoms. The maximum Gasteiger partial charge on any atom is 0.327 e. The first kappa shape index (κ1) is 15.5. The molecule has 2 rings (SSSR count). The Balaban J connectivity index is 2.07. The third-order valence-electron chi connectivity index (χ3n) is 4.52. The Morgan fingerprint density at radius 1 is 1.45 bits per heavy atom. The first-order valence-electron chi connectivity index (χ1n) is 7.30. The number of rotatable bonds is 3. The molecule has 0 aromatic heterocycles.